The minimum Gasteiger partial charge on any atom is -0.496 e. The van der Waals surface area contributed by atoms with E-state index in [1.807, 2.05) is 65.1 Å². The summed E-state index contributed by atoms with van der Waals surface area (Å²) in [5.41, 5.74) is 10.1. The van der Waals surface area contributed by atoms with Crippen molar-refractivity contribution < 1.29 is 9.53 Å². The van der Waals surface area contributed by atoms with Gasteiger partial charge in [-0.1, -0.05) is 30.3 Å². The normalized spacial score (nSPS) is 14.8. The van der Waals surface area contributed by atoms with Crippen LogP contribution in [0.3, 0.4) is 0 Å². The molecule has 1 aliphatic carbocycles. The van der Waals surface area contributed by atoms with Gasteiger partial charge in [-0.05, 0) is 43.1 Å². The molecule has 0 spiro atoms. The quantitative estimate of drug-likeness (QED) is 0.296. The molecular weight excluding hydrogens is 552 g/mol. The van der Waals surface area contributed by atoms with E-state index in [4.69, 9.17) is 19.8 Å². The molecule has 2 aliphatic rings. The molecule has 44 heavy (non-hydrogen) atoms. The standard InChI is InChI=1S/C34H36N8O2/c1-39-13-15-42(16-14-39)34(43)25-10-9-24(29(17-25)44-4)18-30-35-19-26-11-12-28-31(32(26)37-30)33(41(3)38-28)23-7-5-22(6-8-23)27-20-36-40(2)21-27/h5-10,17,19-21H,11-16,18H2,1-4H3. The van der Waals surface area contributed by atoms with Gasteiger partial charge in [0.15, 0.2) is 0 Å². The maximum Gasteiger partial charge on any atom is 0.254 e. The van der Waals surface area contributed by atoms with Crippen LogP contribution in [-0.4, -0.2) is 85.6 Å². The molecule has 5 aromatic rings. The molecule has 0 N–H and O–H groups in total. The molecule has 10 heteroatoms. The highest BCUT2D eigenvalue weighted by Crippen LogP contribution is 2.40. The van der Waals surface area contributed by atoms with Gasteiger partial charge >= 0.3 is 0 Å². The maximum atomic E-state index is 13.2. The number of fused-ring (bicyclic) bond motifs is 3. The van der Waals surface area contributed by atoms with E-state index < -0.39 is 0 Å². The van der Waals surface area contributed by atoms with Crippen LogP contribution in [-0.2, 0) is 33.4 Å². The first kappa shape index (κ1) is 28.0. The number of rotatable bonds is 6. The highest BCUT2D eigenvalue weighted by molar-refractivity contribution is 5.95. The minimum atomic E-state index is 0.0399. The number of hydrogen-bond acceptors (Lipinski definition) is 7. The smallest absolute Gasteiger partial charge is 0.254 e. The monoisotopic (exact) mass is 588 g/mol. The van der Waals surface area contributed by atoms with Gasteiger partial charge in [0.2, 0.25) is 0 Å². The Morgan fingerprint density at radius 3 is 2.41 bits per heavy atom. The number of piperazine rings is 1. The van der Waals surface area contributed by atoms with E-state index in [1.165, 1.54) is 0 Å². The van der Waals surface area contributed by atoms with Gasteiger partial charge in [0.25, 0.3) is 5.91 Å². The molecule has 1 fully saturated rings. The van der Waals surface area contributed by atoms with E-state index in [9.17, 15) is 4.79 Å². The lowest BCUT2D eigenvalue weighted by Gasteiger charge is -2.32. The SMILES string of the molecule is COc1cc(C(=O)N2CCN(C)CC2)ccc1Cc1ncc2c(n1)-c1c(nn(C)c1-c1ccc(-c3cnn(C)c3)cc1)CC2. The zero-order valence-corrected chi connectivity index (χ0v) is 25.6. The molecule has 1 saturated heterocycles. The van der Waals surface area contributed by atoms with Gasteiger partial charge in [-0.2, -0.15) is 10.2 Å². The summed E-state index contributed by atoms with van der Waals surface area (Å²) in [5, 5.41) is 9.21. The molecule has 0 saturated carbocycles. The molecule has 224 valence electrons. The summed E-state index contributed by atoms with van der Waals surface area (Å²) in [6.07, 6.45) is 8.05. The summed E-state index contributed by atoms with van der Waals surface area (Å²) < 4.78 is 9.54. The van der Waals surface area contributed by atoms with Gasteiger partial charge in [0.1, 0.15) is 11.6 Å². The Kier molecular flexibility index (Phi) is 7.21. The zero-order chi connectivity index (χ0) is 30.4. The first-order valence-electron chi connectivity index (χ1n) is 15.0. The lowest BCUT2D eigenvalue weighted by atomic mass is 9.91. The minimum absolute atomic E-state index is 0.0399. The van der Waals surface area contributed by atoms with E-state index in [0.29, 0.717) is 23.6 Å². The predicted octanol–water partition coefficient (Wildman–Crippen LogP) is 4.03. The van der Waals surface area contributed by atoms with Crippen molar-refractivity contribution in [3.8, 4) is 39.4 Å². The van der Waals surface area contributed by atoms with Crippen LogP contribution in [0.1, 0.15) is 33.0 Å². The second kappa shape index (κ2) is 11.3. The van der Waals surface area contributed by atoms with Crippen LogP contribution >= 0.6 is 0 Å². The Labute approximate surface area is 256 Å². The molecule has 7 rings (SSSR count). The highest BCUT2D eigenvalue weighted by Gasteiger charge is 2.27. The van der Waals surface area contributed by atoms with Crippen LogP contribution < -0.4 is 4.74 Å². The van der Waals surface area contributed by atoms with Crippen molar-refractivity contribution in [2.45, 2.75) is 19.3 Å². The molecule has 0 unspecified atom stereocenters. The van der Waals surface area contributed by atoms with Crippen molar-refractivity contribution in [1.82, 2.24) is 39.3 Å². The van der Waals surface area contributed by atoms with Crippen molar-refractivity contribution >= 4 is 5.91 Å². The largest absolute Gasteiger partial charge is 0.496 e. The molecule has 2 aromatic carbocycles. The second-order valence-electron chi connectivity index (χ2n) is 11.7. The second-order valence-corrected chi connectivity index (χ2v) is 11.7. The molecule has 3 aromatic heterocycles. The van der Waals surface area contributed by atoms with Gasteiger partial charge in [-0.15, -0.1) is 0 Å². The number of aryl methyl sites for hydroxylation is 4. The summed E-state index contributed by atoms with van der Waals surface area (Å²) >= 11 is 0. The van der Waals surface area contributed by atoms with Crippen molar-refractivity contribution in [2.24, 2.45) is 14.1 Å². The number of carbonyl (C=O) groups is 1. The summed E-state index contributed by atoms with van der Waals surface area (Å²) in [5.74, 6) is 1.41. The molecular formula is C34H36N8O2. The summed E-state index contributed by atoms with van der Waals surface area (Å²) in [6.45, 7) is 3.23. The third-order valence-corrected chi connectivity index (χ3v) is 8.77. The number of amides is 1. The molecule has 0 atom stereocenters. The van der Waals surface area contributed by atoms with Gasteiger partial charge < -0.3 is 14.5 Å². The van der Waals surface area contributed by atoms with Crippen molar-refractivity contribution in [3.63, 3.8) is 0 Å². The van der Waals surface area contributed by atoms with Gasteiger partial charge in [0.05, 0.1) is 30.4 Å². The Hall–Kier alpha value is -4.83. The predicted molar refractivity (Wildman–Crippen MR) is 168 cm³/mol. The third kappa shape index (κ3) is 5.15. The number of carbonyl (C=O) groups excluding carboxylic acids is 1. The number of aromatic nitrogens is 6. The third-order valence-electron chi connectivity index (χ3n) is 8.77. The van der Waals surface area contributed by atoms with Crippen LogP contribution in [0.15, 0.2) is 61.1 Å². The summed E-state index contributed by atoms with van der Waals surface area (Å²) in [4.78, 5) is 27.2. The molecule has 0 radical (unpaired) electrons. The summed E-state index contributed by atoms with van der Waals surface area (Å²) in [6, 6.07) is 14.3. The van der Waals surface area contributed by atoms with E-state index in [0.717, 1.165) is 89.5 Å². The number of hydrogen-bond donors (Lipinski definition) is 0. The lowest BCUT2D eigenvalue weighted by Crippen LogP contribution is -2.47. The van der Waals surface area contributed by atoms with Crippen molar-refractivity contribution in [3.05, 3.63) is 89.3 Å². The maximum absolute atomic E-state index is 13.2. The van der Waals surface area contributed by atoms with Gasteiger partial charge in [-0.3, -0.25) is 14.2 Å². The number of likely N-dealkylation sites (N-methyl/N-ethyl adjacent to an activating group) is 1. The van der Waals surface area contributed by atoms with Crippen molar-refractivity contribution in [1.29, 1.82) is 0 Å². The Balaban J connectivity index is 1.18. The average Bonchev–Trinajstić information content (AvgIpc) is 3.63. The van der Waals surface area contributed by atoms with Crippen LogP contribution in [0.4, 0.5) is 0 Å². The fourth-order valence-electron chi connectivity index (χ4n) is 6.29. The summed E-state index contributed by atoms with van der Waals surface area (Å²) in [7, 11) is 7.65. The van der Waals surface area contributed by atoms with E-state index in [1.54, 1.807) is 7.11 Å². The Morgan fingerprint density at radius 1 is 0.909 bits per heavy atom. The molecule has 4 heterocycles. The van der Waals surface area contributed by atoms with Crippen LogP contribution in [0.2, 0.25) is 0 Å². The van der Waals surface area contributed by atoms with E-state index in [-0.39, 0.29) is 5.91 Å². The first-order chi connectivity index (χ1) is 21.4. The van der Waals surface area contributed by atoms with Crippen molar-refractivity contribution in [2.75, 3.05) is 40.3 Å². The van der Waals surface area contributed by atoms with Gasteiger partial charge in [0, 0.05) is 86.9 Å². The molecule has 10 nitrogen and oxygen atoms in total. The van der Waals surface area contributed by atoms with E-state index in [2.05, 4.69) is 41.3 Å². The molecule has 1 aliphatic heterocycles. The van der Waals surface area contributed by atoms with Crippen LogP contribution in [0.25, 0.3) is 33.6 Å². The Morgan fingerprint density at radius 2 is 1.68 bits per heavy atom. The number of nitrogens with zero attached hydrogens (tertiary/aromatic N) is 8. The zero-order valence-electron chi connectivity index (χ0n) is 25.6. The van der Waals surface area contributed by atoms with Crippen LogP contribution in [0, 0.1) is 0 Å². The lowest BCUT2D eigenvalue weighted by molar-refractivity contribution is 0.0663. The Bertz CT molecular complexity index is 1850. The molecule has 1 amide bonds. The average molecular weight is 589 g/mol. The fourth-order valence-corrected chi connectivity index (χ4v) is 6.29. The fraction of sp³-hybridized carbons (Fsp3) is 0.324. The first-order valence-corrected chi connectivity index (χ1v) is 15.0. The highest BCUT2D eigenvalue weighted by atomic mass is 16.5. The topological polar surface area (TPSA) is 94.2 Å². The van der Waals surface area contributed by atoms with E-state index >= 15 is 0 Å². The number of methoxy groups -OCH3 is 1. The number of ether oxygens (including phenoxy) is 1. The van der Waals surface area contributed by atoms with Crippen LogP contribution in [0.5, 0.6) is 5.75 Å². The number of benzene rings is 2. The van der Waals surface area contributed by atoms with Gasteiger partial charge in [-0.25, -0.2) is 9.97 Å². The molecule has 0 bridgehead atoms.